The predicted molar refractivity (Wildman–Crippen MR) is 40.3 cm³/mol. The van der Waals surface area contributed by atoms with E-state index in [0.717, 1.165) is 6.07 Å². The van der Waals surface area contributed by atoms with Crippen molar-refractivity contribution in [1.82, 2.24) is 0 Å². The average molecular weight is 230 g/mol. The van der Waals surface area contributed by atoms with Crippen LogP contribution in [0.4, 0.5) is 8.78 Å². The molecule has 0 saturated carbocycles. The zero-order valence-electron chi connectivity index (χ0n) is 7.28. The van der Waals surface area contributed by atoms with E-state index in [0.29, 0.717) is 0 Å². The fraction of sp³-hybridized carbons (Fsp3) is 0.143. The van der Waals surface area contributed by atoms with Crippen molar-refractivity contribution in [1.29, 1.82) is 0 Å². The minimum Gasteiger partial charge on any atom is -0.768 e. The Balaban J connectivity index is 0.00000169. The second kappa shape index (κ2) is 6.47. The van der Waals surface area contributed by atoms with Crippen molar-refractivity contribution in [2.24, 2.45) is 0 Å². The van der Waals surface area contributed by atoms with Crippen LogP contribution < -0.4 is 34.3 Å². The summed E-state index contributed by atoms with van der Waals surface area (Å²) in [4.78, 5) is -0.0850. The minimum absolute atomic E-state index is 0. The van der Waals surface area contributed by atoms with Gasteiger partial charge in [-0.05, 0) is 29.3 Å². The molecule has 0 N–H and O–H groups in total. The molecule has 0 radical (unpaired) electrons. The quantitative estimate of drug-likeness (QED) is 0.470. The van der Waals surface area contributed by atoms with Crippen LogP contribution in [0, 0.1) is 0 Å². The molecule has 0 aliphatic rings. The number of halogens is 2. The Morgan fingerprint density at radius 2 is 2.07 bits per heavy atom. The number of hydrogen-bond donors (Lipinski definition) is 0. The van der Waals surface area contributed by atoms with Crippen molar-refractivity contribution in [3.05, 3.63) is 24.3 Å². The summed E-state index contributed by atoms with van der Waals surface area (Å²) in [5.41, 5.74) is 0. The van der Waals surface area contributed by atoms with Gasteiger partial charge in [0.1, 0.15) is 5.75 Å². The van der Waals surface area contributed by atoms with Gasteiger partial charge in [-0.3, -0.25) is 4.21 Å². The van der Waals surface area contributed by atoms with E-state index in [1.165, 1.54) is 18.2 Å². The van der Waals surface area contributed by atoms with E-state index in [2.05, 4.69) is 4.74 Å². The summed E-state index contributed by atoms with van der Waals surface area (Å²) >= 11 is -2.43. The van der Waals surface area contributed by atoms with Gasteiger partial charge in [0.05, 0.1) is 0 Å². The third-order valence-corrected chi connectivity index (χ3v) is 1.86. The first-order valence-electron chi connectivity index (χ1n) is 3.24. The van der Waals surface area contributed by atoms with E-state index in [9.17, 15) is 17.5 Å². The van der Waals surface area contributed by atoms with Crippen molar-refractivity contribution >= 4 is 11.1 Å². The summed E-state index contributed by atoms with van der Waals surface area (Å²) in [6.45, 7) is -2.95. The van der Waals surface area contributed by atoms with E-state index in [-0.39, 0.29) is 40.2 Å². The van der Waals surface area contributed by atoms with Gasteiger partial charge in [-0.2, -0.15) is 8.78 Å². The Labute approximate surface area is 104 Å². The zero-order chi connectivity index (χ0) is 9.84. The molecule has 0 aromatic heterocycles. The standard InChI is InChI=1S/C7H6F2O3S.Na/c8-7(9)12-5-2-1-3-6(4-5)13(10)11;/h1-4,7H,(H,10,11);/q;+1/p-1. The summed E-state index contributed by atoms with van der Waals surface area (Å²) in [6, 6.07) is 4.88. The van der Waals surface area contributed by atoms with Gasteiger partial charge in [0, 0.05) is 4.90 Å². The van der Waals surface area contributed by atoms with Crippen LogP contribution in [0.1, 0.15) is 0 Å². The third-order valence-electron chi connectivity index (χ3n) is 1.22. The molecule has 1 aromatic carbocycles. The summed E-state index contributed by atoms with van der Waals surface area (Å²) in [7, 11) is 0. The second-order valence-electron chi connectivity index (χ2n) is 2.09. The summed E-state index contributed by atoms with van der Waals surface area (Å²) < 4.78 is 48.1. The molecule has 1 unspecified atom stereocenters. The van der Waals surface area contributed by atoms with Crippen LogP contribution in [0.5, 0.6) is 5.75 Å². The van der Waals surface area contributed by atoms with Crippen molar-refractivity contribution < 1.29 is 51.8 Å². The molecule has 7 heteroatoms. The molecule has 1 aromatic rings. The topological polar surface area (TPSA) is 49.4 Å². The first kappa shape index (κ1) is 14.0. The first-order valence-corrected chi connectivity index (χ1v) is 4.31. The fourth-order valence-electron chi connectivity index (χ4n) is 0.754. The fourth-order valence-corrected chi connectivity index (χ4v) is 1.16. The number of rotatable bonds is 3. The van der Waals surface area contributed by atoms with Gasteiger partial charge in [-0.1, -0.05) is 6.07 Å². The number of hydrogen-bond acceptors (Lipinski definition) is 3. The number of benzene rings is 1. The Hall–Kier alpha value is -0.0100. The van der Waals surface area contributed by atoms with Crippen LogP contribution in [-0.2, 0) is 11.1 Å². The Kier molecular flexibility index (Phi) is 6.46. The summed E-state index contributed by atoms with van der Waals surface area (Å²) in [5, 5.41) is 0. The SMILES string of the molecule is O=S([O-])c1cccc(OC(F)F)c1.[Na+]. The van der Waals surface area contributed by atoms with Crippen LogP contribution in [-0.4, -0.2) is 15.4 Å². The third kappa shape index (κ3) is 4.47. The van der Waals surface area contributed by atoms with Crippen molar-refractivity contribution in [2.75, 3.05) is 0 Å². The van der Waals surface area contributed by atoms with E-state index in [4.69, 9.17) is 0 Å². The molecule has 1 atom stereocenters. The molecule has 14 heavy (non-hydrogen) atoms. The molecule has 0 saturated heterocycles. The summed E-state index contributed by atoms with van der Waals surface area (Å²) in [6.07, 6.45) is 0. The Morgan fingerprint density at radius 1 is 1.43 bits per heavy atom. The van der Waals surface area contributed by atoms with E-state index in [1.807, 2.05) is 0 Å². The number of ether oxygens (including phenoxy) is 1. The van der Waals surface area contributed by atoms with Crippen LogP contribution in [0.15, 0.2) is 29.2 Å². The van der Waals surface area contributed by atoms with Crippen LogP contribution in [0.3, 0.4) is 0 Å². The zero-order valence-corrected chi connectivity index (χ0v) is 10.1. The van der Waals surface area contributed by atoms with Crippen molar-refractivity contribution in [2.45, 2.75) is 11.5 Å². The van der Waals surface area contributed by atoms with Crippen LogP contribution in [0.25, 0.3) is 0 Å². The Bertz CT molecular complexity index is 322. The van der Waals surface area contributed by atoms with E-state index >= 15 is 0 Å². The van der Waals surface area contributed by atoms with Gasteiger partial charge in [-0.15, -0.1) is 0 Å². The van der Waals surface area contributed by atoms with Gasteiger partial charge in [0.15, 0.2) is 0 Å². The molecule has 3 nitrogen and oxygen atoms in total. The molecule has 0 fully saturated rings. The minimum atomic E-state index is -2.95. The van der Waals surface area contributed by atoms with Gasteiger partial charge in [0.2, 0.25) is 0 Å². The normalized spacial score (nSPS) is 12.0. The van der Waals surface area contributed by atoms with Crippen molar-refractivity contribution in [3.8, 4) is 5.75 Å². The molecule has 0 heterocycles. The smallest absolute Gasteiger partial charge is 0.768 e. The largest absolute Gasteiger partial charge is 1.00 e. The molecule has 0 bridgehead atoms. The maximum absolute atomic E-state index is 11.7. The van der Waals surface area contributed by atoms with E-state index in [1.54, 1.807) is 0 Å². The molecular weight excluding hydrogens is 225 g/mol. The van der Waals surface area contributed by atoms with Crippen molar-refractivity contribution in [3.63, 3.8) is 0 Å². The molecule has 0 spiro atoms. The predicted octanol–water partition coefficient (Wildman–Crippen LogP) is -1.47. The molecule has 72 valence electrons. The van der Waals surface area contributed by atoms with Crippen LogP contribution >= 0.6 is 0 Å². The maximum atomic E-state index is 11.7. The second-order valence-corrected chi connectivity index (χ2v) is 3.03. The molecule has 1 rings (SSSR count). The molecule has 0 amide bonds. The molecule has 0 aliphatic carbocycles. The molecule has 0 aliphatic heterocycles. The van der Waals surface area contributed by atoms with Crippen LogP contribution in [0.2, 0.25) is 0 Å². The average Bonchev–Trinajstić information content (AvgIpc) is 2.03. The monoisotopic (exact) mass is 230 g/mol. The van der Waals surface area contributed by atoms with E-state index < -0.39 is 17.7 Å². The molecular formula is C7H5F2NaO3S. The number of alkyl halides is 2. The summed E-state index contributed by atoms with van der Waals surface area (Å²) in [5.74, 6) is -0.170. The Morgan fingerprint density at radius 3 is 2.57 bits per heavy atom. The maximum Gasteiger partial charge on any atom is 1.00 e. The van der Waals surface area contributed by atoms with Gasteiger partial charge in [0.25, 0.3) is 0 Å². The first-order chi connectivity index (χ1) is 6.09. The van der Waals surface area contributed by atoms with Gasteiger partial charge >= 0.3 is 36.2 Å². The van der Waals surface area contributed by atoms with Gasteiger partial charge in [-0.25, -0.2) is 0 Å². The van der Waals surface area contributed by atoms with Gasteiger partial charge < -0.3 is 9.29 Å².